The normalized spacial score (nSPS) is 19.7. The van der Waals surface area contributed by atoms with Crippen molar-refractivity contribution in [3.8, 4) is 5.69 Å². The van der Waals surface area contributed by atoms with E-state index in [0.717, 1.165) is 36.7 Å². The maximum absolute atomic E-state index is 12.8. The molecule has 1 amide bonds. The summed E-state index contributed by atoms with van der Waals surface area (Å²) in [6.07, 6.45) is 2.00. The standard InChI is InChI=1S/C21H24ClN5O2S/c1-13-9-26(10-14(2)29-13)11-17-12-30-21(24-17)25-20(28)19-8-23-27(15(19)3)18-6-4-16(22)5-7-18/h4-8,12-14H,9-11H2,1-3H3,(H,24,25,28)/t13-,14-/m1/s1. The van der Waals surface area contributed by atoms with Gasteiger partial charge in [0.15, 0.2) is 5.13 Å². The zero-order valence-electron chi connectivity index (χ0n) is 17.1. The summed E-state index contributed by atoms with van der Waals surface area (Å²) in [5.41, 5.74) is 3.06. The first-order valence-electron chi connectivity index (χ1n) is 9.83. The predicted molar refractivity (Wildman–Crippen MR) is 119 cm³/mol. The van der Waals surface area contributed by atoms with E-state index in [9.17, 15) is 4.79 Å². The highest BCUT2D eigenvalue weighted by molar-refractivity contribution is 7.14. The van der Waals surface area contributed by atoms with E-state index in [-0.39, 0.29) is 18.1 Å². The van der Waals surface area contributed by atoms with Gasteiger partial charge in [-0.15, -0.1) is 11.3 Å². The number of anilines is 1. The van der Waals surface area contributed by atoms with Crippen LogP contribution in [0.4, 0.5) is 5.13 Å². The van der Waals surface area contributed by atoms with Crippen molar-refractivity contribution in [3.63, 3.8) is 0 Å². The maximum Gasteiger partial charge on any atom is 0.260 e. The molecule has 3 aromatic rings. The average Bonchev–Trinajstić information content (AvgIpc) is 3.28. The Morgan fingerprint density at radius 3 is 2.67 bits per heavy atom. The van der Waals surface area contributed by atoms with Crippen LogP contribution in [-0.2, 0) is 11.3 Å². The second kappa shape index (κ2) is 8.85. The monoisotopic (exact) mass is 445 g/mol. The first kappa shape index (κ1) is 21.0. The molecule has 0 radical (unpaired) electrons. The number of amides is 1. The molecule has 1 fully saturated rings. The third-order valence-corrected chi connectivity index (χ3v) is 6.04. The van der Waals surface area contributed by atoms with Crippen LogP contribution in [0.1, 0.15) is 35.6 Å². The number of aromatic nitrogens is 3. The fourth-order valence-corrected chi connectivity index (χ4v) is 4.54. The van der Waals surface area contributed by atoms with Crippen molar-refractivity contribution in [1.82, 2.24) is 19.7 Å². The second-order valence-electron chi connectivity index (χ2n) is 7.58. The lowest BCUT2D eigenvalue weighted by Crippen LogP contribution is -2.44. The molecule has 1 aromatic carbocycles. The minimum atomic E-state index is -0.220. The SMILES string of the molecule is Cc1c(C(=O)Nc2nc(CN3C[C@@H](C)O[C@H](C)C3)cs2)cnn1-c1ccc(Cl)cc1. The highest BCUT2D eigenvalue weighted by Gasteiger charge is 2.23. The van der Waals surface area contributed by atoms with Crippen molar-refractivity contribution >= 4 is 34.0 Å². The second-order valence-corrected chi connectivity index (χ2v) is 8.88. The number of morpholine rings is 1. The molecule has 2 atom stereocenters. The molecule has 4 rings (SSSR count). The molecule has 3 heterocycles. The minimum absolute atomic E-state index is 0.215. The summed E-state index contributed by atoms with van der Waals surface area (Å²) >= 11 is 7.38. The van der Waals surface area contributed by atoms with Gasteiger partial charge in [-0.05, 0) is 45.0 Å². The Morgan fingerprint density at radius 1 is 1.27 bits per heavy atom. The third kappa shape index (κ3) is 4.73. The van der Waals surface area contributed by atoms with E-state index in [1.54, 1.807) is 23.0 Å². The fraction of sp³-hybridized carbons (Fsp3) is 0.381. The number of ether oxygens (including phenoxy) is 1. The number of carbonyl (C=O) groups is 1. The van der Waals surface area contributed by atoms with Crippen molar-refractivity contribution < 1.29 is 9.53 Å². The molecule has 30 heavy (non-hydrogen) atoms. The van der Waals surface area contributed by atoms with Gasteiger partial charge in [0, 0.05) is 30.0 Å². The largest absolute Gasteiger partial charge is 0.373 e. The lowest BCUT2D eigenvalue weighted by molar-refractivity contribution is -0.0707. The van der Waals surface area contributed by atoms with Crippen molar-refractivity contribution in [2.75, 3.05) is 18.4 Å². The van der Waals surface area contributed by atoms with Crippen LogP contribution in [0.25, 0.3) is 5.69 Å². The topological polar surface area (TPSA) is 72.3 Å². The molecule has 0 saturated carbocycles. The Hall–Kier alpha value is -2.26. The Bertz CT molecular complexity index is 1020. The van der Waals surface area contributed by atoms with E-state index in [0.29, 0.717) is 15.7 Å². The first-order valence-corrected chi connectivity index (χ1v) is 11.1. The molecule has 0 bridgehead atoms. The molecule has 1 N–H and O–H groups in total. The van der Waals surface area contributed by atoms with Crippen molar-refractivity contribution in [2.24, 2.45) is 0 Å². The van der Waals surface area contributed by atoms with E-state index >= 15 is 0 Å². The summed E-state index contributed by atoms with van der Waals surface area (Å²) in [6.45, 7) is 8.55. The molecule has 9 heteroatoms. The number of halogens is 1. The smallest absolute Gasteiger partial charge is 0.260 e. The van der Waals surface area contributed by atoms with Gasteiger partial charge in [-0.3, -0.25) is 15.0 Å². The summed E-state index contributed by atoms with van der Waals surface area (Å²) in [4.78, 5) is 19.7. The number of nitrogens with one attached hydrogen (secondary N) is 1. The summed E-state index contributed by atoms with van der Waals surface area (Å²) in [5.74, 6) is -0.220. The van der Waals surface area contributed by atoms with Gasteiger partial charge in [0.05, 0.1) is 41.0 Å². The van der Waals surface area contributed by atoms with E-state index in [1.165, 1.54) is 11.3 Å². The number of hydrogen-bond acceptors (Lipinski definition) is 6. The van der Waals surface area contributed by atoms with E-state index in [1.807, 2.05) is 24.4 Å². The molecule has 1 aliphatic heterocycles. The fourth-order valence-electron chi connectivity index (χ4n) is 3.72. The number of rotatable bonds is 5. The molecule has 0 aliphatic carbocycles. The Balaban J connectivity index is 1.42. The van der Waals surface area contributed by atoms with Crippen LogP contribution >= 0.6 is 22.9 Å². The molecular weight excluding hydrogens is 422 g/mol. The number of nitrogens with zero attached hydrogens (tertiary/aromatic N) is 4. The van der Waals surface area contributed by atoms with E-state index < -0.39 is 0 Å². The lowest BCUT2D eigenvalue weighted by atomic mass is 10.2. The minimum Gasteiger partial charge on any atom is -0.373 e. The van der Waals surface area contributed by atoms with Gasteiger partial charge in [-0.1, -0.05) is 11.6 Å². The van der Waals surface area contributed by atoms with Gasteiger partial charge in [-0.25, -0.2) is 9.67 Å². The van der Waals surface area contributed by atoms with Crippen LogP contribution in [0.15, 0.2) is 35.8 Å². The number of carbonyl (C=O) groups excluding carboxylic acids is 1. The quantitative estimate of drug-likeness (QED) is 0.638. The van der Waals surface area contributed by atoms with Crippen molar-refractivity contribution in [3.05, 3.63) is 57.8 Å². The van der Waals surface area contributed by atoms with Gasteiger partial charge >= 0.3 is 0 Å². The van der Waals surface area contributed by atoms with Crippen molar-refractivity contribution in [2.45, 2.75) is 39.5 Å². The molecule has 158 valence electrons. The molecule has 0 unspecified atom stereocenters. The van der Waals surface area contributed by atoms with Crippen molar-refractivity contribution in [1.29, 1.82) is 0 Å². The Kier molecular flexibility index (Phi) is 6.19. The highest BCUT2D eigenvalue weighted by Crippen LogP contribution is 2.21. The van der Waals surface area contributed by atoms with Gasteiger partial charge in [-0.2, -0.15) is 5.10 Å². The predicted octanol–water partition coefficient (Wildman–Crippen LogP) is 4.15. The molecule has 1 aliphatic rings. The van der Waals surface area contributed by atoms with Crippen LogP contribution < -0.4 is 5.32 Å². The molecule has 1 saturated heterocycles. The summed E-state index contributed by atoms with van der Waals surface area (Å²) < 4.78 is 7.50. The van der Waals surface area contributed by atoms with Gasteiger partial charge in [0.2, 0.25) is 0 Å². The average molecular weight is 446 g/mol. The van der Waals surface area contributed by atoms with Crippen LogP contribution in [0.2, 0.25) is 5.02 Å². The van der Waals surface area contributed by atoms with Crippen LogP contribution in [0, 0.1) is 6.92 Å². The van der Waals surface area contributed by atoms with Crippen LogP contribution in [0.3, 0.4) is 0 Å². The summed E-state index contributed by atoms with van der Waals surface area (Å²) in [5, 5.41) is 10.5. The summed E-state index contributed by atoms with van der Waals surface area (Å²) in [7, 11) is 0. The molecule has 0 spiro atoms. The van der Waals surface area contributed by atoms with Gasteiger partial charge in [0.1, 0.15) is 0 Å². The number of thiazole rings is 1. The lowest BCUT2D eigenvalue weighted by Gasteiger charge is -2.34. The zero-order valence-corrected chi connectivity index (χ0v) is 18.7. The van der Waals surface area contributed by atoms with E-state index in [2.05, 4.69) is 34.1 Å². The molecular formula is C21H24ClN5O2S. The number of benzene rings is 1. The van der Waals surface area contributed by atoms with Gasteiger partial charge < -0.3 is 4.74 Å². The van der Waals surface area contributed by atoms with Crippen LogP contribution in [0.5, 0.6) is 0 Å². The maximum atomic E-state index is 12.8. The highest BCUT2D eigenvalue weighted by atomic mass is 35.5. The Morgan fingerprint density at radius 2 is 1.97 bits per heavy atom. The Labute approximate surface area is 184 Å². The first-order chi connectivity index (χ1) is 14.4. The number of hydrogen-bond donors (Lipinski definition) is 1. The third-order valence-electron chi connectivity index (χ3n) is 4.98. The zero-order chi connectivity index (χ0) is 21.3. The molecule has 2 aromatic heterocycles. The van der Waals surface area contributed by atoms with E-state index in [4.69, 9.17) is 16.3 Å². The molecule has 7 nitrogen and oxygen atoms in total. The van der Waals surface area contributed by atoms with Crippen LogP contribution in [-0.4, -0.2) is 50.9 Å². The van der Waals surface area contributed by atoms with Gasteiger partial charge in [0.25, 0.3) is 5.91 Å². The summed E-state index contributed by atoms with van der Waals surface area (Å²) in [6, 6.07) is 7.32.